The second-order valence-corrected chi connectivity index (χ2v) is 6.27. The molecule has 0 spiro atoms. The van der Waals surface area contributed by atoms with Gasteiger partial charge in [-0.15, -0.1) is 0 Å². The van der Waals surface area contributed by atoms with E-state index in [9.17, 15) is 10.0 Å². The number of aromatic hydroxyl groups is 1. The topological polar surface area (TPSA) is 83.4 Å². The van der Waals surface area contributed by atoms with Crippen molar-refractivity contribution in [2.75, 3.05) is 0 Å². The van der Waals surface area contributed by atoms with Crippen molar-refractivity contribution in [3.63, 3.8) is 0 Å². The van der Waals surface area contributed by atoms with Crippen LogP contribution in [0.5, 0.6) is 5.75 Å². The predicted molar refractivity (Wildman–Crippen MR) is 93.4 cm³/mol. The lowest BCUT2D eigenvalue weighted by atomic mass is 10.1. The van der Waals surface area contributed by atoms with Crippen LogP contribution in [0.3, 0.4) is 0 Å². The molecular formula is C16H14Cl2N4O2. The summed E-state index contributed by atoms with van der Waals surface area (Å²) in [4.78, 5) is 11.4. The second-order valence-electron chi connectivity index (χ2n) is 5.43. The first-order valence-corrected chi connectivity index (χ1v) is 7.89. The number of hydrogen-bond acceptors (Lipinski definition) is 4. The van der Waals surface area contributed by atoms with Gasteiger partial charge < -0.3 is 14.2 Å². The maximum atomic E-state index is 11.4. The number of benzene rings is 2. The largest absolute Gasteiger partial charge is 0.508 e. The third-order valence-corrected chi connectivity index (χ3v) is 4.54. The van der Waals surface area contributed by atoms with Crippen molar-refractivity contribution < 1.29 is 5.11 Å². The van der Waals surface area contributed by atoms with Gasteiger partial charge in [0, 0.05) is 17.6 Å². The number of para-hydroxylation sites is 1. The average Bonchev–Trinajstić information content (AvgIpc) is 2.80. The summed E-state index contributed by atoms with van der Waals surface area (Å²) in [6.45, 7) is 0.0912. The standard InChI is InChI=1S/C16H14Cl2N4O2/c1-21-15-11(18)3-2-4-13(15)22(16(21)19)8-12(20-24)10-7-9(17)5-6-14(10)23/h2-7,12,19,23H,8H2,1H3. The number of nitroso groups, excluding NO2 is 1. The summed E-state index contributed by atoms with van der Waals surface area (Å²) >= 11 is 12.2. The molecule has 124 valence electrons. The molecule has 2 N–H and O–H groups in total. The zero-order chi connectivity index (χ0) is 17.4. The molecule has 6 nitrogen and oxygen atoms in total. The van der Waals surface area contributed by atoms with Crippen molar-refractivity contribution in [2.45, 2.75) is 12.6 Å². The van der Waals surface area contributed by atoms with Gasteiger partial charge in [-0.2, -0.15) is 4.91 Å². The van der Waals surface area contributed by atoms with E-state index >= 15 is 0 Å². The van der Waals surface area contributed by atoms with E-state index < -0.39 is 6.04 Å². The zero-order valence-corrected chi connectivity index (χ0v) is 14.2. The smallest absolute Gasteiger partial charge is 0.202 e. The van der Waals surface area contributed by atoms with Crippen molar-refractivity contribution in [1.29, 1.82) is 5.41 Å². The number of hydrogen-bond donors (Lipinski definition) is 2. The highest BCUT2D eigenvalue weighted by Crippen LogP contribution is 2.31. The molecule has 0 aliphatic carbocycles. The van der Waals surface area contributed by atoms with E-state index in [1.807, 2.05) is 6.07 Å². The van der Waals surface area contributed by atoms with Gasteiger partial charge in [0.1, 0.15) is 11.8 Å². The first-order chi connectivity index (χ1) is 11.4. The molecule has 8 heteroatoms. The van der Waals surface area contributed by atoms with Crippen LogP contribution in [-0.4, -0.2) is 14.2 Å². The van der Waals surface area contributed by atoms with Crippen LogP contribution in [0.2, 0.25) is 10.0 Å². The molecule has 3 aromatic rings. The summed E-state index contributed by atoms with van der Waals surface area (Å²) in [6, 6.07) is 8.91. The Kier molecular flexibility index (Phi) is 4.34. The van der Waals surface area contributed by atoms with Crippen LogP contribution in [0.15, 0.2) is 41.6 Å². The lowest BCUT2D eigenvalue weighted by molar-refractivity contribution is 0.452. The SMILES string of the molecule is Cn1c(=N)n(CC(N=O)c2cc(Cl)ccc2O)c2cccc(Cl)c21. The highest BCUT2D eigenvalue weighted by Gasteiger charge is 2.20. The number of aryl methyl sites for hydroxylation is 1. The molecular weight excluding hydrogens is 351 g/mol. The highest BCUT2D eigenvalue weighted by atomic mass is 35.5. The quantitative estimate of drug-likeness (QED) is 0.686. The molecule has 1 aromatic heterocycles. The van der Waals surface area contributed by atoms with Crippen LogP contribution in [0, 0.1) is 10.3 Å². The zero-order valence-electron chi connectivity index (χ0n) is 12.7. The fraction of sp³-hybridized carbons (Fsp3) is 0.188. The van der Waals surface area contributed by atoms with Gasteiger partial charge >= 0.3 is 0 Å². The number of phenols is 1. The third kappa shape index (κ3) is 2.68. The number of aromatic nitrogens is 2. The monoisotopic (exact) mass is 364 g/mol. The summed E-state index contributed by atoms with van der Waals surface area (Å²) in [7, 11) is 1.73. The summed E-state index contributed by atoms with van der Waals surface area (Å²) in [6.07, 6.45) is 0. The summed E-state index contributed by atoms with van der Waals surface area (Å²) in [5.74, 6) is -0.0607. The lowest BCUT2D eigenvalue weighted by Crippen LogP contribution is -2.24. The Labute approximate surface area is 147 Å². The summed E-state index contributed by atoms with van der Waals surface area (Å²) in [5, 5.41) is 22.3. The van der Waals surface area contributed by atoms with E-state index in [1.54, 1.807) is 28.3 Å². The fourth-order valence-electron chi connectivity index (χ4n) is 2.79. The molecule has 1 heterocycles. The fourth-order valence-corrected chi connectivity index (χ4v) is 3.27. The first kappa shape index (κ1) is 16.5. The molecule has 0 aliphatic heterocycles. The third-order valence-electron chi connectivity index (χ3n) is 4.00. The van der Waals surface area contributed by atoms with Crippen molar-refractivity contribution in [3.8, 4) is 5.75 Å². The van der Waals surface area contributed by atoms with Gasteiger partial charge in [-0.3, -0.25) is 5.41 Å². The van der Waals surface area contributed by atoms with E-state index in [1.165, 1.54) is 18.2 Å². The molecule has 3 rings (SSSR count). The molecule has 1 atom stereocenters. The number of nitrogens with one attached hydrogen (secondary N) is 1. The Morgan fingerprint density at radius 3 is 2.75 bits per heavy atom. The lowest BCUT2D eigenvalue weighted by Gasteiger charge is -2.13. The summed E-state index contributed by atoms with van der Waals surface area (Å²) < 4.78 is 3.27. The van der Waals surface area contributed by atoms with Gasteiger partial charge in [-0.05, 0) is 30.3 Å². The Bertz CT molecular complexity index is 994. The molecule has 0 fully saturated rings. The van der Waals surface area contributed by atoms with Crippen LogP contribution < -0.4 is 5.62 Å². The minimum Gasteiger partial charge on any atom is -0.508 e. The molecule has 24 heavy (non-hydrogen) atoms. The first-order valence-electron chi connectivity index (χ1n) is 7.13. The Hall–Kier alpha value is -2.31. The van der Waals surface area contributed by atoms with Gasteiger partial charge in [-0.1, -0.05) is 34.4 Å². The molecule has 0 saturated heterocycles. The number of nitrogens with zero attached hydrogens (tertiary/aromatic N) is 3. The Balaban J connectivity index is 2.13. The van der Waals surface area contributed by atoms with Crippen LogP contribution in [-0.2, 0) is 13.6 Å². The van der Waals surface area contributed by atoms with Crippen LogP contribution in [0.4, 0.5) is 0 Å². The highest BCUT2D eigenvalue weighted by molar-refractivity contribution is 6.35. The van der Waals surface area contributed by atoms with E-state index in [4.69, 9.17) is 28.6 Å². The van der Waals surface area contributed by atoms with Crippen molar-refractivity contribution in [2.24, 2.45) is 12.2 Å². The predicted octanol–water partition coefficient (Wildman–Crippen LogP) is 3.98. The van der Waals surface area contributed by atoms with Crippen molar-refractivity contribution in [3.05, 3.63) is 62.5 Å². The van der Waals surface area contributed by atoms with Crippen LogP contribution in [0.25, 0.3) is 11.0 Å². The molecule has 1 unspecified atom stereocenters. The molecule has 2 aromatic carbocycles. The molecule has 0 amide bonds. The van der Waals surface area contributed by atoms with Gasteiger partial charge in [0.25, 0.3) is 0 Å². The van der Waals surface area contributed by atoms with Gasteiger partial charge in [0.2, 0.25) is 5.62 Å². The van der Waals surface area contributed by atoms with Gasteiger partial charge in [0.15, 0.2) is 0 Å². The second kappa shape index (κ2) is 6.30. The van der Waals surface area contributed by atoms with E-state index in [-0.39, 0.29) is 17.9 Å². The van der Waals surface area contributed by atoms with Crippen molar-refractivity contribution >= 4 is 34.2 Å². The molecule has 0 saturated carbocycles. The minimum absolute atomic E-state index is 0.0607. The normalized spacial score (nSPS) is 12.5. The number of rotatable bonds is 4. The maximum absolute atomic E-state index is 11.4. The molecule has 0 bridgehead atoms. The number of halogens is 2. The molecule has 0 radical (unpaired) electrons. The number of fused-ring (bicyclic) bond motifs is 1. The van der Waals surface area contributed by atoms with Crippen molar-refractivity contribution in [1.82, 2.24) is 9.13 Å². The van der Waals surface area contributed by atoms with Gasteiger partial charge in [0.05, 0.1) is 22.6 Å². The number of imidazole rings is 1. The summed E-state index contributed by atoms with van der Waals surface area (Å²) in [5.41, 5.74) is 1.91. The Morgan fingerprint density at radius 1 is 1.29 bits per heavy atom. The minimum atomic E-state index is -0.887. The van der Waals surface area contributed by atoms with Gasteiger partial charge in [-0.25, -0.2) is 0 Å². The van der Waals surface area contributed by atoms with E-state index in [2.05, 4.69) is 5.18 Å². The maximum Gasteiger partial charge on any atom is 0.202 e. The Morgan fingerprint density at radius 2 is 2.04 bits per heavy atom. The van der Waals surface area contributed by atoms with Crippen LogP contribution >= 0.6 is 23.2 Å². The van der Waals surface area contributed by atoms with E-state index in [0.29, 0.717) is 26.6 Å². The van der Waals surface area contributed by atoms with E-state index in [0.717, 1.165) is 0 Å². The number of phenolic OH excluding ortho intramolecular Hbond substituents is 1. The van der Waals surface area contributed by atoms with Crippen LogP contribution in [0.1, 0.15) is 11.6 Å². The average molecular weight is 365 g/mol. The molecule has 0 aliphatic rings.